The van der Waals surface area contributed by atoms with Crippen molar-refractivity contribution >= 4 is 23.5 Å². The lowest BCUT2D eigenvalue weighted by molar-refractivity contribution is -0.142. The average Bonchev–Trinajstić information content (AvgIpc) is 2.53. The third-order valence-corrected chi connectivity index (χ3v) is 3.03. The van der Waals surface area contributed by atoms with Gasteiger partial charge >= 0.3 is 11.9 Å². The quantitative estimate of drug-likeness (QED) is 0.262. The fraction of sp³-hybridized carbons (Fsp3) is 0.857. The minimum Gasteiger partial charge on any atom is -0.469 e. The molecule has 0 saturated carbocycles. The monoisotopic (exact) mass is 339 g/mol. The molecule has 0 fully saturated rings. The number of carbonyl (C=O) groups excluding carboxylic acids is 2. The Balaban J connectivity index is 3.64. The van der Waals surface area contributed by atoms with E-state index in [1.165, 1.54) is 14.2 Å². The Morgan fingerprint density at radius 2 is 1.27 bits per heavy atom. The number of alkyl halides is 1. The molecule has 0 aliphatic carbocycles. The topological polar surface area (TPSA) is 74.3 Å². The first-order valence-corrected chi connectivity index (χ1v) is 7.75. The summed E-state index contributed by atoms with van der Waals surface area (Å²) in [6.07, 6.45) is 0.505. The van der Waals surface area contributed by atoms with Gasteiger partial charge in [-0.25, -0.2) is 0 Å². The zero-order valence-electron chi connectivity index (χ0n) is 13.3. The molecule has 0 N–H and O–H groups in total. The number of methoxy groups -OCH3 is 2. The van der Waals surface area contributed by atoms with Gasteiger partial charge < -0.3 is 18.9 Å². The van der Waals surface area contributed by atoms with Crippen molar-refractivity contribution in [3.05, 3.63) is 0 Å². The van der Waals surface area contributed by atoms with E-state index in [0.29, 0.717) is 45.4 Å². The molecule has 7 nitrogen and oxygen atoms in total. The molecular weight excluding hydrogens is 314 g/mol. The minimum absolute atomic E-state index is 0.253. The lowest BCUT2D eigenvalue weighted by Gasteiger charge is -2.21. The van der Waals surface area contributed by atoms with Gasteiger partial charge in [-0.05, 0) is 0 Å². The van der Waals surface area contributed by atoms with Crippen LogP contribution < -0.4 is 0 Å². The summed E-state index contributed by atoms with van der Waals surface area (Å²) < 4.78 is 19.8. The molecule has 0 aromatic carbocycles. The van der Waals surface area contributed by atoms with E-state index in [9.17, 15) is 9.59 Å². The van der Waals surface area contributed by atoms with Crippen molar-refractivity contribution in [2.75, 3.05) is 66.2 Å². The van der Waals surface area contributed by atoms with E-state index in [-0.39, 0.29) is 24.8 Å². The van der Waals surface area contributed by atoms with E-state index >= 15 is 0 Å². The van der Waals surface area contributed by atoms with Crippen molar-refractivity contribution in [1.82, 2.24) is 4.90 Å². The van der Waals surface area contributed by atoms with E-state index in [1.54, 1.807) is 0 Å². The third kappa shape index (κ3) is 12.8. The number of carbonyl (C=O) groups is 2. The Bertz CT molecular complexity index is 277. The molecule has 0 radical (unpaired) electrons. The molecule has 0 saturated heterocycles. The number of ether oxygens (including phenoxy) is 4. The number of halogens is 1. The van der Waals surface area contributed by atoms with Gasteiger partial charge in [0, 0.05) is 25.5 Å². The summed E-state index contributed by atoms with van der Waals surface area (Å²) in [5.41, 5.74) is 0. The number of nitrogens with zero attached hydrogens (tertiary/aromatic N) is 1. The van der Waals surface area contributed by atoms with Crippen LogP contribution in [0.1, 0.15) is 12.8 Å². The van der Waals surface area contributed by atoms with Gasteiger partial charge in [0.25, 0.3) is 0 Å². The first kappa shape index (κ1) is 21.1. The second-order valence-corrected chi connectivity index (χ2v) is 4.79. The summed E-state index contributed by atoms with van der Waals surface area (Å²) in [7, 11) is 2.70. The molecule has 0 aromatic heterocycles. The van der Waals surface area contributed by atoms with Crippen LogP contribution in [0.15, 0.2) is 0 Å². The molecule has 0 amide bonds. The summed E-state index contributed by atoms with van der Waals surface area (Å²) in [6.45, 7) is 3.84. The number of esters is 2. The van der Waals surface area contributed by atoms with Crippen LogP contribution in [0.5, 0.6) is 0 Å². The van der Waals surface area contributed by atoms with Crippen molar-refractivity contribution in [2.45, 2.75) is 12.8 Å². The zero-order chi connectivity index (χ0) is 16.6. The van der Waals surface area contributed by atoms with Crippen molar-refractivity contribution in [3.8, 4) is 0 Å². The maximum atomic E-state index is 10.9. The predicted octanol–water partition coefficient (Wildman–Crippen LogP) is 0.687. The SMILES string of the molecule is COC(=O)CCOCCN(CCCl)CCOCCC(=O)OC. The van der Waals surface area contributed by atoms with Gasteiger partial charge in [-0.15, -0.1) is 11.6 Å². The fourth-order valence-electron chi connectivity index (χ4n) is 1.56. The van der Waals surface area contributed by atoms with Crippen LogP contribution in [0.25, 0.3) is 0 Å². The first-order chi connectivity index (χ1) is 10.6. The third-order valence-electron chi connectivity index (χ3n) is 2.86. The maximum Gasteiger partial charge on any atom is 0.307 e. The molecule has 0 aromatic rings. The first-order valence-electron chi connectivity index (χ1n) is 7.21. The molecule has 22 heavy (non-hydrogen) atoms. The average molecular weight is 340 g/mol. The van der Waals surface area contributed by atoms with Gasteiger partial charge in [0.05, 0.1) is 53.5 Å². The van der Waals surface area contributed by atoms with Crippen LogP contribution in [0.4, 0.5) is 0 Å². The molecule has 0 aliphatic rings. The van der Waals surface area contributed by atoms with Crippen molar-refractivity contribution in [2.24, 2.45) is 0 Å². The van der Waals surface area contributed by atoms with Gasteiger partial charge in [-0.2, -0.15) is 0 Å². The van der Waals surface area contributed by atoms with Gasteiger partial charge in [0.1, 0.15) is 0 Å². The number of rotatable bonds is 14. The maximum absolute atomic E-state index is 10.9. The zero-order valence-corrected chi connectivity index (χ0v) is 14.1. The van der Waals surface area contributed by atoms with E-state index in [4.69, 9.17) is 21.1 Å². The highest BCUT2D eigenvalue weighted by molar-refractivity contribution is 6.18. The van der Waals surface area contributed by atoms with Gasteiger partial charge in [-0.1, -0.05) is 0 Å². The van der Waals surface area contributed by atoms with Crippen molar-refractivity contribution < 1.29 is 28.5 Å². The summed E-state index contributed by atoms with van der Waals surface area (Å²) in [5, 5.41) is 0. The molecule has 0 bridgehead atoms. The van der Waals surface area contributed by atoms with Crippen LogP contribution in [-0.2, 0) is 28.5 Å². The fourth-order valence-corrected chi connectivity index (χ4v) is 1.80. The Morgan fingerprint density at radius 3 is 1.64 bits per heavy atom. The number of hydrogen-bond donors (Lipinski definition) is 0. The van der Waals surface area contributed by atoms with Crippen molar-refractivity contribution in [1.29, 1.82) is 0 Å². The molecular formula is C14H26ClNO6. The van der Waals surface area contributed by atoms with Crippen LogP contribution in [-0.4, -0.2) is 83.0 Å². The smallest absolute Gasteiger partial charge is 0.307 e. The Morgan fingerprint density at radius 1 is 0.818 bits per heavy atom. The molecule has 0 spiro atoms. The highest BCUT2D eigenvalue weighted by atomic mass is 35.5. The molecule has 0 rings (SSSR count). The molecule has 8 heteroatoms. The second kappa shape index (κ2) is 15.0. The largest absolute Gasteiger partial charge is 0.469 e. The predicted molar refractivity (Wildman–Crippen MR) is 82.1 cm³/mol. The Kier molecular flexibility index (Phi) is 14.4. The van der Waals surface area contributed by atoms with Crippen LogP contribution in [0.2, 0.25) is 0 Å². The molecule has 0 heterocycles. The second-order valence-electron chi connectivity index (χ2n) is 4.41. The van der Waals surface area contributed by atoms with Crippen LogP contribution in [0.3, 0.4) is 0 Å². The van der Waals surface area contributed by atoms with Crippen molar-refractivity contribution in [3.63, 3.8) is 0 Å². The van der Waals surface area contributed by atoms with E-state index < -0.39 is 0 Å². The molecule has 0 atom stereocenters. The molecule has 130 valence electrons. The standard InChI is InChI=1S/C14H26ClNO6/c1-19-13(17)3-9-21-11-7-16(6-5-15)8-12-22-10-4-14(18)20-2/h3-12H2,1-2H3. The van der Waals surface area contributed by atoms with E-state index in [1.807, 2.05) is 0 Å². The number of hydrogen-bond acceptors (Lipinski definition) is 7. The highest BCUT2D eigenvalue weighted by Crippen LogP contribution is 1.94. The van der Waals surface area contributed by atoms with Crippen LogP contribution >= 0.6 is 11.6 Å². The Labute approximate surface area is 136 Å². The summed E-state index contributed by atoms with van der Waals surface area (Å²) >= 11 is 5.75. The summed E-state index contributed by atoms with van der Waals surface area (Å²) in [6, 6.07) is 0. The minimum atomic E-state index is -0.281. The van der Waals surface area contributed by atoms with Gasteiger partial charge in [0.2, 0.25) is 0 Å². The van der Waals surface area contributed by atoms with Crippen LogP contribution in [0, 0.1) is 0 Å². The van der Waals surface area contributed by atoms with E-state index in [0.717, 1.165) is 6.54 Å². The molecule has 0 aliphatic heterocycles. The normalized spacial score (nSPS) is 10.7. The highest BCUT2D eigenvalue weighted by Gasteiger charge is 2.06. The molecule has 0 unspecified atom stereocenters. The lowest BCUT2D eigenvalue weighted by atomic mass is 10.4. The lowest BCUT2D eigenvalue weighted by Crippen LogP contribution is -2.33. The van der Waals surface area contributed by atoms with Gasteiger partial charge in [-0.3, -0.25) is 14.5 Å². The summed E-state index contributed by atoms with van der Waals surface area (Å²) in [4.78, 5) is 23.9. The Hall–Kier alpha value is -0.890. The van der Waals surface area contributed by atoms with Gasteiger partial charge in [0.15, 0.2) is 0 Å². The van der Waals surface area contributed by atoms with E-state index in [2.05, 4.69) is 14.4 Å². The summed E-state index contributed by atoms with van der Waals surface area (Å²) in [5.74, 6) is -0.0436.